The second-order valence-corrected chi connectivity index (χ2v) is 4.15. The number of ether oxygens (including phenoxy) is 1. The first-order valence-corrected chi connectivity index (χ1v) is 5.90. The van der Waals surface area contributed by atoms with Gasteiger partial charge in [0.2, 0.25) is 0 Å². The van der Waals surface area contributed by atoms with Gasteiger partial charge in [0, 0.05) is 26.2 Å². The number of benzene rings is 1. The van der Waals surface area contributed by atoms with E-state index in [9.17, 15) is 4.79 Å². The van der Waals surface area contributed by atoms with Crippen molar-refractivity contribution in [2.75, 3.05) is 39.8 Å². The van der Waals surface area contributed by atoms with Crippen molar-refractivity contribution in [3.8, 4) is 5.75 Å². The minimum Gasteiger partial charge on any atom is -0.496 e. The molecular formula is C13H18N2O2. The second kappa shape index (κ2) is 5.80. The Morgan fingerprint density at radius 3 is 2.76 bits per heavy atom. The lowest BCUT2D eigenvalue weighted by Crippen LogP contribution is -2.45. The molecule has 2 rings (SSSR count). The average molecular weight is 234 g/mol. The molecule has 0 aromatic heterocycles. The number of nitrogens with zero attached hydrogens (tertiary/aromatic N) is 1. The molecule has 4 heteroatoms. The van der Waals surface area contributed by atoms with Gasteiger partial charge >= 0.3 is 0 Å². The normalized spacial score (nSPS) is 16.8. The van der Waals surface area contributed by atoms with Crippen LogP contribution in [-0.2, 0) is 0 Å². The summed E-state index contributed by atoms with van der Waals surface area (Å²) in [6.07, 6.45) is 0. The third kappa shape index (κ3) is 3.05. The standard InChI is InChI=1S/C13H18N2O2/c1-17-13-5-3-2-4-11(13)12(16)10-15-8-6-14-7-9-15/h2-5,14H,6-10H2,1H3. The predicted molar refractivity (Wildman–Crippen MR) is 66.6 cm³/mol. The fourth-order valence-corrected chi connectivity index (χ4v) is 2.03. The minimum absolute atomic E-state index is 0.129. The maximum absolute atomic E-state index is 12.2. The lowest BCUT2D eigenvalue weighted by atomic mass is 10.1. The fourth-order valence-electron chi connectivity index (χ4n) is 2.03. The zero-order valence-electron chi connectivity index (χ0n) is 10.1. The summed E-state index contributed by atoms with van der Waals surface area (Å²) in [4.78, 5) is 14.3. The van der Waals surface area contributed by atoms with Crippen molar-refractivity contribution in [1.29, 1.82) is 0 Å². The van der Waals surface area contributed by atoms with Gasteiger partial charge < -0.3 is 10.1 Å². The molecule has 1 aliphatic heterocycles. The number of para-hydroxylation sites is 1. The zero-order valence-corrected chi connectivity index (χ0v) is 10.1. The van der Waals surface area contributed by atoms with Crippen LogP contribution in [-0.4, -0.2) is 50.5 Å². The van der Waals surface area contributed by atoms with E-state index in [1.54, 1.807) is 7.11 Å². The first-order chi connectivity index (χ1) is 8.31. The topological polar surface area (TPSA) is 41.6 Å². The summed E-state index contributed by atoms with van der Waals surface area (Å²) < 4.78 is 5.20. The van der Waals surface area contributed by atoms with Crippen molar-refractivity contribution >= 4 is 5.78 Å². The molecular weight excluding hydrogens is 216 g/mol. The number of hydrogen-bond acceptors (Lipinski definition) is 4. The van der Waals surface area contributed by atoms with Gasteiger partial charge in [-0.3, -0.25) is 9.69 Å². The number of piperazine rings is 1. The molecule has 1 saturated heterocycles. The predicted octanol–water partition coefficient (Wildman–Crippen LogP) is 0.783. The second-order valence-electron chi connectivity index (χ2n) is 4.15. The van der Waals surface area contributed by atoms with E-state index >= 15 is 0 Å². The van der Waals surface area contributed by atoms with Crippen LogP contribution in [0.15, 0.2) is 24.3 Å². The SMILES string of the molecule is COc1ccccc1C(=O)CN1CCNCC1. The van der Waals surface area contributed by atoms with Gasteiger partial charge in [-0.2, -0.15) is 0 Å². The highest BCUT2D eigenvalue weighted by Crippen LogP contribution is 2.18. The molecule has 1 aliphatic rings. The molecule has 1 heterocycles. The Hall–Kier alpha value is -1.39. The van der Waals surface area contributed by atoms with Gasteiger partial charge in [0.15, 0.2) is 5.78 Å². The maximum Gasteiger partial charge on any atom is 0.180 e. The Bertz CT molecular complexity index is 387. The van der Waals surface area contributed by atoms with E-state index in [1.165, 1.54) is 0 Å². The number of ketones is 1. The lowest BCUT2D eigenvalue weighted by molar-refractivity contribution is 0.0918. The van der Waals surface area contributed by atoms with Crippen LogP contribution in [0.25, 0.3) is 0 Å². The smallest absolute Gasteiger partial charge is 0.180 e. The van der Waals surface area contributed by atoms with E-state index < -0.39 is 0 Å². The highest BCUT2D eigenvalue weighted by molar-refractivity contribution is 6.00. The Morgan fingerprint density at radius 2 is 2.06 bits per heavy atom. The molecule has 1 N–H and O–H groups in total. The van der Waals surface area contributed by atoms with Crippen LogP contribution >= 0.6 is 0 Å². The lowest BCUT2D eigenvalue weighted by Gasteiger charge is -2.26. The van der Waals surface area contributed by atoms with E-state index in [0.29, 0.717) is 17.9 Å². The molecule has 4 nitrogen and oxygen atoms in total. The van der Waals surface area contributed by atoms with Crippen LogP contribution in [0, 0.1) is 0 Å². The molecule has 0 aliphatic carbocycles. The van der Waals surface area contributed by atoms with Crippen LogP contribution in [0.2, 0.25) is 0 Å². The number of Topliss-reactive ketones (excluding diaryl/α,β-unsaturated/α-hetero) is 1. The van der Waals surface area contributed by atoms with Crippen LogP contribution in [0.3, 0.4) is 0 Å². The molecule has 0 unspecified atom stereocenters. The largest absolute Gasteiger partial charge is 0.496 e. The summed E-state index contributed by atoms with van der Waals surface area (Å²) in [5.74, 6) is 0.789. The van der Waals surface area contributed by atoms with Crippen molar-refractivity contribution in [1.82, 2.24) is 10.2 Å². The Kier molecular flexibility index (Phi) is 4.12. The molecule has 0 spiro atoms. The summed E-state index contributed by atoms with van der Waals surface area (Å²) in [5, 5.41) is 3.27. The van der Waals surface area contributed by atoms with Crippen molar-refractivity contribution in [3.63, 3.8) is 0 Å². The van der Waals surface area contributed by atoms with E-state index in [-0.39, 0.29) is 5.78 Å². The third-order valence-electron chi connectivity index (χ3n) is 2.98. The van der Waals surface area contributed by atoms with E-state index in [1.807, 2.05) is 24.3 Å². The fraction of sp³-hybridized carbons (Fsp3) is 0.462. The van der Waals surface area contributed by atoms with Gasteiger partial charge in [0.25, 0.3) is 0 Å². The van der Waals surface area contributed by atoms with Crippen LogP contribution in [0.1, 0.15) is 10.4 Å². The molecule has 1 fully saturated rings. The summed E-state index contributed by atoms with van der Waals surface area (Å²) >= 11 is 0. The van der Waals surface area contributed by atoms with E-state index in [2.05, 4.69) is 10.2 Å². The monoisotopic (exact) mass is 234 g/mol. The minimum atomic E-state index is 0.129. The van der Waals surface area contributed by atoms with Gasteiger partial charge in [-0.05, 0) is 12.1 Å². The molecule has 0 radical (unpaired) electrons. The molecule has 0 amide bonds. The number of rotatable bonds is 4. The van der Waals surface area contributed by atoms with Gasteiger partial charge in [-0.1, -0.05) is 12.1 Å². The molecule has 1 aromatic carbocycles. The molecule has 0 bridgehead atoms. The third-order valence-corrected chi connectivity index (χ3v) is 2.98. The Morgan fingerprint density at radius 1 is 1.35 bits per heavy atom. The Balaban J connectivity index is 2.03. The number of carbonyl (C=O) groups is 1. The Labute approximate surface area is 102 Å². The quantitative estimate of drug-likeness (QED) is 0.782. The van der Waals surface area contributed by atoms with Crippen LogP contribution in [0.4, 0.5) is 0 Å². The van der Waals surface area contributed by atoms with Gasteiger partial charge in [0.1, 0.15) is 5.75 Å². The average Bonchev–Trinajstić information content (AvgIpc) is 2.40. The summed E-state index contributed by atoms with van der Waals surface area (Å²) in [7, 11) is 1.59. The van der Waals surface area contributed by atoms with Crippen molar-refractivity contribution in [3.05, 3.63) is 29.8 Å². The summed E-state index contributed by atoms with van der Waals surface area (Å²) in [6.45, 7) is 4.25. The molecule has 0 saturated carbocycles. The van der Waals surface area contributed by atoms with Gasteiger partial charge in [0.05, 0.1) is 19.2 Å². The molecule has 17 heavy (non-hydrogen) atoms. The van der Waals surface area contributed by atoms with Crippen molar-refractivity contribution in [2.45, 2.75) is 0 Å². The zero-order chi connectivity index (χ0) is 12.1. The van der Waals surface area contributed by atoms with Gasteiger partial charge in [-0.25, -0.2) is 0 Å². The molecule has 0 atom stereocenters. The van der Waals surface area contributed by atoms with Crippen LogP contribution < -0.4 is 10.1 Å². The highest BCUT2D eigenvalue weighted by Gasteiger charge is 2.17. The van der Waals surface area contributed by atoms with E-state index in [0.717, 1.165) is 26.2 Å². The summed E-state index contributed by atoms with van der Waals surface area (Å²) in [5.41, 5.74) is 0.675. The summed E-state index contributed by atoms with van der Waals surface area (Å²) in [6, 6.07) is 7.39. The van der Waals surface area contributed by atoms with Crippen LogP contribution in [0.5, 0.6) is 5.75 Å². The number of carbonyl (C=O) groups excluding carboxylic acids is 1. The molecule has 92 valence electrons. The first-order valence-electron chi connectivity index (χ1n) is 5.90. The maximum atomic E-state index is 12.2. The van der Waals surface area contributed by atoms with Crippen molar-refractivity contribution in [2.24, 2.45) is 0 Å². The highest BCUT2D eigenvalue weighted by atomic mass is 16.5. The van der Waals surface area contributed by atoms with Crippen molar-refractivity contribution < 1.29 is 9.53 Å². The van der Waals surface area contributed by atoms with E-state index in [4.69, 9.17) is 4.74 Å². The first kappa shape index (κ1) is 12.1. The number of methoxy groups -OCH3 is 1. The number of nitrogens with one attached hydrogen (secondary N) is 1. The molecule has 1 aromatic rings. The number of hydrogen-bond donors (Lipinski definition) is 1. The van der Waals surface area contributed by atoms with Gasteiger partial charge in [-0.15, -0.1) is 0 Å².